The van der Waals surface area contributed by atoms with E-state index in [4.69, 9.17) is 5.84 Å². The first-order valence-electron chi connectivity index (χ1n) is 4.58. The first kappa shape index (κ1) is 10.2. The van der Waals surface area contributed by atoms with Crippen molar-refractivity contribution in [2.24, 2.45) is 10.8 Å². The van der Waals surface area contributed by atoms with E-state index in [2.05, 4.69) is 10.4 Å². The molecule has 0 aromatic heterocycles. The highest BCUT2D eigenvalue weighted by Gasteiger charge is 2.24. The topological polar surface area (TPSA) is 67.5 Å². The zero-order chi connectivity index (χ0) is 10.7. The van der Waals surface area contributed by atoms with Crippen LogP contribution in [-0.2, 0) is 4.79 Å². The molecule has 1 heterocycles. The molecule has 0 aliphatic carbocycles. The molecule has 3 N–H and O–H groups in total. The van der Waals surface area contributed by atoms with Gasteiger partial charge in [0.1, 0.15) is 6.04 Å². The van der Waals surface area contributed by atoms with Crippen LogP contribution in [0.2, 0.25) is 0 Å². The summed E-state index contributed by atoms with van der Waals surface area (Å²) >= 11 is 1.58. The van der Waals surface area contributed by atoms with Gasteiger partial charge in [-0.2, -0.15) is 0 Å². The molecule has 1 aliphatic rings. The van der Waals surface area contributed by atoms with E-state index in [1.807, 2.05) is 30.3 Å². The van der Waals surface area contributed by atoms with E-state index in [0.29, 0.717) is 5.75 Å². The number of hydrogen-bond donors (Lipinski definition) is 2. The van der Waals surface area contributed by atoms with Crippen LogP contribution < -0.4 is 11.3 Å². The van der Waals surface area contributed by atoms with E-state index in [9.17, 15) is 4.79 Å². The Kier molecular flexibility index (Phi) is 3.03. The molecule has 0 saturated carbocycles. The van der Waals surface area contributed by atoms with Crippen LogP contribution in [0.25, 0.3) is 0 Å². The molecule has 1 unspecified atom stereocenters. The van der Waals surface area contributed by atoms with Crippen LogP contribution >= 0.6 is 11.8 Å². The first-order chi connectivity index (χ1) is 7.31. The Morgan fingerprint density at radius 3 is 2.87 bits per heavy atom. The number of benzene rings is 1. The Balaban J connectivity index is 2.17. The fourth-order valence-electron chi connectivity index (χ4n) is 1.34. The molecule has 78 valence electrons. The van der Waals surface area contributed by atoms with Crippen LogP contribution in [-0.4, -0.2) is 22.7 Å². The highest BCUT2D eigenvalue weighted by molar-refractivity contribution is 8.14. The maximum atomic E-state index is 11.2. The fraction of sp³-hybridized carbons (Fsp3) is 0.200. The highest BCUT2D eigenvalue weighted by Crippen LogP contribution is 2.23. The lowest BCUT2D eigenvalue weighted by atomic mass is 10.2. The molecule has 1 atom stereocenters. The third kappa shape index (κ3) is 2.19. The van der Waals surface area contributed by atoms with Crippen LogP contribution in [0.4, 0.5) is 0 Å². The molecule has 0 bridgehead atoms. The molecular formula is C10H11N3OS. The minimum Gasteiger partial charge on any atom is -0.292 e. The third-order valence-electron chi connectivity index (χ3n) is 2.12. The second-order valence-corrected chi connectivity index (χ2v) is 4.14. The number of carbonyl (C=O) groups excluding carboxylic acids is 1. The number of nitrogens with zero attached hydrogens (tertiary/aromatic N) is 1. The molecule has 0 saturated heterocycles. The average molecular weight is 221 g/mol. The molecule has 1 aromatic carbocycles. The Bertz CT molecular complexity index is 391. The lowest BCUT2D eigenvalue weighted by molar-refractivity contribution is -0.121. The quantitative estimate of drug-likeness (QED) is 0.435. The van der Waals surface area contributed by atoms with Crippen molar-refractivity contribution in [1.82, 2.24) is 5.43 Å². The number of hydrogen-bond acceptors (Lipinski definition) is 4. The van der Waals surface area contributed by atoms with Gasteiger partial charge in [-0.05, 0) is 0 Å². The normalized spacial score (nSPS) is 19.8. The van der Waals surface area contributed by atoms with E-state index >= 15 is 0 Å². The summed E-state index contributed by atoms with van der Waals surface area (Å²) in [7, 11) is 0. The third-order valence-corrected chi connectivity index (χ3v) is 3.21. The summed E-state index contributed by atoms with van der Waals surface area (Å²) in [4.78, 5) is 15.6. The van der Waals surface area contributed by atoms with Crippen molar-refractivity contribution in [3.63, 3.8) is 0 Å². The predicted molar refractivity (Wildman–Crippen MR) is 61.6 cm³/mol. The van der Waals surface area contributed by atoms with Crippen molar-refractivity contribution >= 4 is 22.7 Å². The van der Waals surface area contributed by atoms with Crippen molar-refractivity contribution in [2.75, 3.05) is 5.75 Å². The maximum Gasteiger partial charge on any atom is 0.259 e. The summed E-state index contributed by atoms with van der Waals surface area (Å²) in [6.45, 7) is 0. The number of nitrogens with two attached hydrogens (primary N) is 1. The lowest BCUT2D eigenvalue weighted by Crippen LogP contribution is -2.38. The zero-order valence-corrected chi connectivity index (χ0v) is 8.83. The van der Waals surface area contributed by atoms with Gasteiger partial charge < -0.3 is 0 Å². The minimum absolute atomic E-state index is 0.228. The number of thioether (sulfide) groups is 1. The largest absolute Gasteiger partial charge is 0.292 e. The van der Waals surface area contributed by atoms with E-state index < -0.39 is 0 Å². The van der Waals surface area contributed by atoms with Gasteiger partial charge in [-0.3, -0.25) is 15.2 Å². The van der Waals surface area contributed by atoms with E-state index in [1.165, 1.54) is 0 Å². The van der Waals surface area contributed by atoms with Crippen LogP contribution in [0.3, 0.4) is 0 Å². The Morgan fingerprint density at radius 1 is 1.47 bits per heavy atom. The van der Waals surface area contributed by atoms with Crippen molar-refractivity contribution in [3.05, 3.63) is 35.9 Å². The van der Waals surface area contributed by atoms with Gasteiger partial charge >= 0.3 is 0 Å². The molecule has 1 aliphatic heterocycles. The summed E-state index contributed by atoms with van der Waals surface area (Å²) < 4.78 is 0. The van der Waals surface area contributed by atoms with Crippen molar-refractivity contribution < 1.29 is 4.79 Å². The van der Waals surface area contributed by atoms with Gasteiger partial charge in [-0.1, -0.05) is 30.3 Å². The molecule has 0 spiro atoms. The molecule has 4 nitrogen and oxygen atoms in total. The van der Waals surface area contributed by atoms with Gasteiger partial charge in [-0.25, -0.2) is 5.84 Å². The highest BCUT2D eigenvalue weighted by atomic mass is 32.2. The van der Waals surface area contributed by atoms with Crippen LogP contribution in [0.15, 0.2) is 35.3 Å². The van der Waals surface area contributed by atoms with E-state index in [0.717, 1.165) is 10.6 Å². The van der Waals surface area contributed by atoms with Crippen molar-refractivity contribution in [2.45, 2.75) is 6.04 Å². The number of hydrazine groups is 1. The number of carbonyl (C=O) groups is 1. The molecule has 5 heteroatoms. The molecule has 1 amide bonds. The van der Waals surface area contributed by atoms with Gasteiger partial charge in [-0.15, -0.1) is 11.8 Å². The first-order valence-corrected chi connectivity index (χ1v) is 5.56. The number of rotatable bonds is 2. The summed E-state index contributed by atoms with van der Waals surface area (Å²) in [6, 6.07) is 9.47. The molecule has 15 heavy (non-hydrogen) atoms. The van der Waals surface area contributed by atoms with Gasteiger partial charge in [0.05, 0.1) is 5.04 Å². The number of nitrogens with one attached hydrogen (secondary N) is 1. The van der Waals surface area contributed by atoms with Gasteiger partial charge in [0, 0.05) is 11.3 Å². The van der Waals surface area contributed by atoms with E-state index in [-0.39, 0.29) is 11.9 Å². The minimum atomic E-state index is -0.352. The molecule has 0 radical (unpaired) electrons. The Morgan fingerprint density at radius 2 is 2.20 bits per heavy atom. The monoisotopic (exact) mass is 221 g/mol. The number of amides is 1. The number of aliphatic imine (C=N–C) groups is 1. The molecular weight excluding hydrogens is 210 g/mol. The summed E-state index contributed by atoms with van der Waals surface area (Å²) in [5.74, 6) is 5.49. The second-order valence-electron chi connectivity index (χ2n) is 3.14. The smallest absolute Gasteiger partial charge is 0.259 e. The Hall–Kier alpha value is -1.33. The van der Waals surface area contributed by atoms with Crippen LogP contribution in [0.5, 0.6) is 0 Å². The SMILES string of the molecule is NNC(=O)C1CSC(c2ccccc2)=N1. The molecule has 2 rings (SSSR count). The predicted octanol–water partition coefficient (Wildman–Crippen LogP) is 0.538. The molecule has 0 fully saturated rings. The second kappa shape index (κ2) is 4.46. The van der Waals surface area contributed by atoms with Crippen LogP contribution in [0, 0.1) is 0 Å². The lowest BCUT2D eigenvalue weighted by Gasteiger charge is -2.01. The zero-order valence-electron chi connectivity index (χ0n) is 8.01. The molecule has 1 aromatic rings. The summed E-state index contributed by atoms with van der Waals surface area (Å²) in [5.41, 5.74) is 3.17. The van der Waals surface area contributed by atoms with Crippen molar-refractivity contribution in [1.29, 1.82) is 0 Å². The van der Waals surface area contributed by atoms with Gasteiger partial charge in [0.15, 0.2) is 0 Å². The fourth-order valence-corrected chi connectivity index (χ4v) is 2.39. The van der Waals surface area contributed by atoms with Gasteiger partial charge in [0.2, 0.25) is 0 Å². The average Bonchev–Trinajstić information content (AvgIpc) is 2.78. The van der Waals surface area contributed by atoms with E-state index in [1.54, 1.807) is 11.8 Å². The maximum absolute atomic E-state index is 11.2. The summed E-state index contributed by atoms with van der Waals surface area (Å²) in [6.07, 6.45) is 0. The van der Waals surface area contributed by atoms with Gasteiger partial charge in [0.25, 0.3) is 5.91 Å². The van der Waals surface area contributed by atoms with Crippen molar-refractivity contribution in [3.8, 4) is 0 Å². The standard InChI is InChI=1S/C10H11N3OS/c11-13-9(14)8-6-15-10(12-8)7-4-2-1-3-5-7/h1-5,8H,6,11H2,(H,13,14). The summed E-state index contributed by atoms with van der Waals surface area (Å²) in [5, 5.41) is 0.907. The van der Waals surface area contributed by atoms with Crippen LogP contribution in [0.1, 0.15) is 5.56 Å². The Labute approximate surface area is 91.9 Å².